The molecule has 0 aromatic heterocycles. The largest absolute Gasteiger partial charge is 0.494 e. The average molecular weight is 387 g/mol. The number of carbonyl (C=O) groups excluding carboxylic acids is 2. The van der Waals surface area contributed by atoms with Crippen LogP contribution in [0.3, 0.4) is 0 Å². The molecule has 0 unspecified atom stereocenters. The Bertz CT molecular complexity index is 695. The van der Waals surface area contributed by atoms with Crippen LogP contribution in [0.1, 0.15) is 51.5 Å². The van der Waals surface area contributed by atoms with Crippen LogP contribution in [0.15, 0.2) is 29.8 Å². The van der Waals surface area contributed by atoms with Gasteiger partial charge in [-0.05, 0) is 69.1 Å². The summed E-state index contributed by atoms with van der Waals surface area (Å²) in [6, 6.07) is 7.27. The molecule has 3 rings (SSSR count). The van der Waals surface area contributed by atoms with Crippen molar-refractivity contribution in [3.8, 4) is 5.75 Å². The predicted molar refractivity (Wildman–Crippen MR) is 106 cm³/mol. The van der Waals surface area contributed by atoms with E-state index in [9.17, 15) is 9.59 Å². The Morgan fingerprint density at radius 1 is 1.00 bits per heavy atom. The molecule has 0 amide bonds. The molecule has 6 heteroatoms. The van der Waals surface area contributed by atoms with Crippen LogP contribution >= 0.6 is 0 Å². The van der Waals surface area contributed by atoms with Crippen molar-refractivity contribution in [2.24, 2.45) is 0 Å². The second-order valence-corrected chi connectivity index (χ2v) is 7.76. The average Bonchev–Trinajstić information content (AvgIpc) is 2.66. The molecule has 1 aromatic rings. The van der Waals surface area contributed by atoms with E-state index in [4.69, 9.17) is 14.2 Å². The van der Waals surface area contributed by atoms with Crippen molar-refractivity contribution in [2.45, 2.75) is 51.7 Å². The summed E-state index contributed by atoms with van der Waals surface area (Å²) >= 11 is 0. The zero-order chi connectivity index (χ0) is 20.0. The first-order valence-corrected chi connectivity index (χ1v) is 10.1. The van der Waals surface area contributed by atoms with Gasteiger partial charge in [-0.25, -0.2) is 9.59 Å². The lowest BCUT2D eigenvalue weighted by Crippen LogP contribution is -2.41. The number of hydrogen-bond acceptors (Lipinski definition) is 6. The second-order valence-electron chi connectivity index (χ2n) is 7.76. The Morgan fingerprint density at radius 2 is 1.64 bits per heavy atom. The van der Waals surface area contributed by atoms with Gasteiger partial charge in [-0.15, -0.1) is 0 Å². The van der Waals surface area contributed by atoms with Crippen LogP contribution in [0.4, 0.5) is 0 Å². The first kappa shape index (κ1) is 20.4. The highest BCUT2D eigenvalue weighted by molar-refractivity contribution is 6.18. The Kier molecular flexibility index (Phi) is 6.73. The fraction of sp³-hybridized carbons (Fsp3) is 0.545. The van der Waals surface area contributed by atoms with Crippen LogP contribution in [0.5, 0.6) is 5.75 Å². The molecule has 152 valence electrons. The van der Waals surface area contributed by atoms with E-state index in [0.717, 1.165) is 25.1 Å². The van der Waals surface area contributed by atoms with Crippen LogP contribution in [-0.4, -0.2) is 48.9 Å². The smallest absolute Gasteiger partial charge is 0.348 e. The van der Waals surface area contributed by atoms with Gasteiger partial charge in [0.25, 0.3) is 5.79 Å². The van der Waals surface area contributed by atoms with Crippen molar-refractivity contribution >= 4 is 18.0 Å². The lowest BCUT2D eigenvalue weighted by Gasteiger charge is -2.29. The molecule has 28 heavy (non-hydrogen) atoms. The number of cyclic esters (lactones) is 2. The number of rotatable bonds is 7. The summed E-state index contributed by atoms with van der Waals surface area (Å²) in [5.74, 6) is -1.79. The summed E-state index contributed by atoms with van der Waals surface area (Å²) in [5.41, 5.74) is 0.603. The van der Waals surface area contributed by atoms with E-state index in [0.29, 0.717) is 12.2 Å². The summed E-state index contributed by atoms with van der Waals surface area (Å²) in [4.78, 5) is 26.5. The third-order valence-corrected chi connectivity index (χ3v) is 4.89. The Morgan fingerprint density at radius 3 is 2.29 bits per heavy atom. The molecular weight excluding hydrogens is 358 g/mol. The predicted octanol–water partition coefficient (Wildman–Crippen LogP) is 3.55. The molecule has 0 bridgehead atoms. The van der Waals surface area contributed by atoms with E-state index in [1.54, 1.807) is 12.1 Å². The summed E-state index contributed by atoms with van der Waals surface area (Å²) in [7, 11) is 0. The molecule has 1 aromatic carbocycles. The van der Waals surface area contributed by atoms with E-state index in [2.05, 4.69) is 4.90 Å². The van der Waals surface area contributed by atoms with Gasteiger partial charge in [0.2, 0.25) is 0 Å². The summed E-state index contributed by atoms with van der Waals surface area (Å²) in [6.45, 7) is 7.35. The molecule has 2 heterocycles. The zero-order valence-corrected chi connectivity index (χ0v) is 16.7. The molecular formula is C22H29NO5. The van der Waals surface area contributed by atoms with Gasteiger partial charge >= 0.3 is 11.9 Å². The minimum atomic E-state index is -1.22. The van der Waals surface area contributed by atoms with Gasteiger partial charge in [-0.2, -0.15) is 0 Å². The SMILES string of the molecule is CC1(C)OC(=O)C(=Cc2ccc(OCCCCN3CCCCC3)cc2)C(=O)O1. The van der Waals surface area contributed by atoms with E-state index in [1.165, 1.54) is 52.3 Å². The van der Waals surface area contributed by atoms with Crippen molar-refractivity contribution in [3.05, 3.63) is 35.4 Å². The maximum Gasteiger partial charge on any atom is 0.348 e. The van der Waals surface area contributed by atoms with Crippen molar-refractivity contribution in [1.29, 1.82) is 0 Å². The highest BCUT2D eigenvalue weighted by Crippen LogP contribution is 2.24. The van der Waals surface area contributed by atoms with Gasteiger partial charge in [0, 0.05) is 13.8 Å². The summed E-state index contributed by atoms with van der Waals surface area (Å²) < 4.78 is 16.0. The third kappa shape index (κ3) is 5.83. The zero-order valence-electron chi connectivity index (χ0n) is 16.7. The van der Waals surface area contributed by atoms with Crippen molar-refractivity contribution in [3.63, 3.8) is 0 Å². The number of hydrogen-bond donors (Lipinski definition) is 0. The molecule has 2 aliphatic rings. The lowest BCUT2D eigenvalue weighted by atomic mass is 10.1. The highest BCUT2D eigenvalue weighted by Gasteiger charge is 2.38. The molecule has 0 N–H and O–H groups in total. The van der Waals surface area contributed by atoms with Gasteiger partial charge in [-0.3, -0.25) is 0 Å². The first-order valence-electron chi connectivity index (χ1n) is 10.1. The van der Waals surface area contributed by atoms with Crippen LogP contribution in [-0.2, 0) is 19.1 Å². The Labute approximate surface area is 166 Å². The van der Waals surface area contributed by atoms with Crippen LogP contribution in [0.25, 0.3) is 6.08 Å². The number of unbranched alkanes of at least 4 members (excludes halogenated alkanes) is 1. The normalized spacial score (nSPS) is 19.7. The number of piperidine rings is 1. The van der Waals surface area contributed by atoms with Gasteiger partial charge in [-0.1, -0.05) is 18.6 Å². The van der Waals surface area contributed by atoms with E-state index in [-0.39, 0.29) is 5.57 Å². The highest BCUT2D eigenvalue weighted by atomic mass is 16.7. The summed E-state index contributed by atoms with van der Waals surface area (Å²) in [6.07, 6.45) is 7.66. The number of benzene rings is 1. The van der Waals surface area contributed by atoms with E-state index in [1.807, 2.05) is 12.1 Å². The second kappa shape index (κ2) is 9.24. The molecule has 6 nitrogen and oxygen atoms in total. The first-order chi connectivity index (χ1) is 13.4. The van der Waals surface area contributed by atoms with Crippen molar-refractivity contribution in [1.82, 2.24) is 4.90 Å². The topological polar surface area (TPSA) is 65.1 Å². The van der Waals surface area contributed by atoms with E-state index < -0.39 is 17.7 Å². The minimum absolute atomic E-state index is 0.106. The molecule has 0 saturated carbocycles. The number of ether oxygens (including phenoxy) is 3. The standard InChI is InChI=1S/C22H29NO5/c1-22(2)27-20(24)19(21(25)28-22)16-17-8-10-18(11-9-17)26-15-7-6-14-23-12-4-3-5-13-23/h8-11,16H,3-7,12-15H2,1-2H3. The number of likely N-dealkylation sites (tertiary alicyclic amines) is 1. The molecule has 2 fully saturated rings. The third-order valence-electron chi connectivity index (χ3n) is 4.89. The van der Waals surface area contributed by atoms with Gasteiger partial charge in [0.15, 0.2) is 0 Å². The lowest BCUT2D eigenvalue weighted by molar-refractivity contribution is -0.222. The van der Waals surface area contributed by atoms with Crippen molar-refractivity contribution in [2.75, 3.05) is 26.2 Å². The quantitative estimate of drug-likeness (QED) is 0.309. The van der Waals surface area contributed by atoms with Gasteiger partial charge < -0.3 is 19.1 Å². The van der Waals surface area contributed by atoms with E-state index >= 15 is 0 Å². The Hall–Kier alpha value is -2.34. The van der Waals surface area contributed by atoms with Gasteiger partial charge in [0.05, 0.1) is 6.61 Å². The minimum Gasteiger partial charge on any atom is -0.494 e. The number of nitrogens with zero attached hydrogens (tertiary/aromatic N) is 1. The maximum atomic E-state index is 12.0. The fourth-order valence-corrected chi connectivity index (χ4v) is 3.42. The maximum absolute atomic E-state index is 12.0. The molecule has 0 aliphatic carbocycles. The van der Waals surface area contributed by atoms with Crippen LogP contribution in [0, 0.1) is 0 Å². The molecule has 2 aliphatic heterocycles. The van der Waals surface area contributed by atoms with Crippen LogP contribution < -0.4 is 4.74 Å². The Balaban J connectivity index is 1.44. The van der Waals surface area contributed by atoms with Crippen LogP contribution in [0.2, 0.25) is 0 Å². The molecule has 0 atom stereocenters. The summed E-state index contributed by atoms with van der Waals surface area (Å²) in [5, 5.41) is 0. The monoisotopic (exact) mass is 387 g/mol. The van der Waals surface area contributed by atoms with Crippen molar-refractivity contribution < 1.29 is 23.8 Å². The molecule has 0 radical (unpaired) electrons. The fourth-order valence-electron chi connectivity index (χ4n) is 3.42. The molecule has 2 saturated heterocycles. The number of esters is 2. The molecule has 0 spiro atoms. The number of carbonyl (C=O) groups is 2. The van der Waals surface area contributed by atoms with Gasteiger partial charge in [0.1, 0.15) is 11.3 Å².